The first-order valence-corrected chi connectivity index (χ1v) is 6.91. The summed E-state index contributed by atoms with van der Waals surface area (Å²) in [5.41, 5.74) is 0.657. The summed E-state index contributed by atoms with van der Waals surface area (Å²) in [6.07, 6.45) is 5.56. The van der Waals surface area contributed by atoms with Gasteiger partial charge < -0.3 is 20.3 Å². The molecule has 1 aliphatic rings. The monoisotopic (exact) mass is 265 g/mol. The Hall–Kier alpha value is -1.26. The van der Waals surface area contributed by atoms with E-state index in [2.05, 4.69) is 5.32 Å². The van der Waals surface area contributed by atoms with E-state index in [4.69, 9.17) is 4.74 Å². The van der Waals surface area contributed by atoms with Crippen molar-refractivity contribution in [2.24, 2.45) is 0 Å². The largest absolute Gasteiger partial charge is 0.507 e. The maximum Gasteiger partial charge on any atom is 0.123 e. The van der Waals surface area contributed by atoms with Crippen LogP contribution in [0.5, 0.6) is 11.5 Å². The maximum absolute atomic E-state index is 9.93. The molecule has 0 aliphatic heterocycles. The van der Waals surface area contributed by atoms with Crippen LogP contribution in [-0.4, -0.2) is 29.5 Å². The van der Waals surface area contributed by atoms with Crippen molar-refractivity contribution < 1.29 is 14.9 Å². The molecular weight excluding hydrogens is 242 g/mol. The summed E-state index contributed by atoms with van der Waals surface area (Å²) in [5.74, 6) is 0.881. The molecule has 1 aliphatic carbocycles. The highest BCUT2D eigenvalue weighted by atomic mass is 16.5. The van der Waals surface area contributed by atoms with Gasteiger partial charge >= 0.3 is 0 Å². The summed E-state index contributed by atoms with van der Waals surface area (Å²) in [6.45, 7) is 0.723. The Labute approximate surface area is 114 Å². The fourth-order valence-corrected chi connectivity index (χ4v) is 2.72. The molecule has 1 fully saturated rings. The highest BCUT2D eigenvalue weighted by molar-refractivity contribution is 5.39. The number of rotatable bonds is 5. The zero-order valence-corrected chi connectivity index (χ0v) is 11.5. The van der Waals surface area contributed by atoms with Crippen LogP contribution in [0, 0.1) is 0 Å². The van der Waals surface area contributed by atoms with E-state index < -0.39 is 0 Å². The van der Waals surface area contributed by atoms with Crippen molar-refractivity contribution >= 4 is 0 Å². The van der Waals surface area contributed by atoms with E-state index in [1.165, 1.54) is 6.42 Å². The van der Waals surface area contributed by atoms with Crippen LogP contribution < -0.4 is 10.1 Å². The molecule has 4 heteroatoms. The molecule has 0 amide bonds. The molecule has 0 spiro atoms. The lowest BCUT2D eigenvalue weighted by Gasteiger charge is -2.36. The molecule has 0 radical (unpaired) electrons. The molecule has 0 unspecified atom stereocenters. The first kappa shape index (κ1) is 14.2. The van der Waals surface area contributed by atoms with Gasteiger partial charge in [0, 0.05) is 23.7 Å². The Morgan fingerprint density at radius 3 is 2.58 bits per heavy atom. The number of phenols is 1. The van der Waals surface area contributed by atoms with E-state index in [-0.39, 0.29) is 17.9 Å². The van der Waals surface area contributed by atoms with Crippen molar-refractivity contribution in [3.8, 4) is 11.5 Å². The molecule has 0 aromatic heterocycles. The average Bonchev–Trinajstić information content (AvgIpc) is 2.47. The van der Waals surface area contributed by atoms with Gasteiger partial charge in [0.25, 0.3) is 0 Å². The van der Waals surface area contributed by atoms with Crippen molar-refractivity contribution in [3.63, 3.8) is 0 Å². The third kappa shape index (κ3) is 3.39. The Bertz CT molecular complexity index is 414. The number of hydrogen-bond donors (Lipinski definition) is 3. The van der Waals surface area contributed by atoms with E-state index in [0.717, 1.165) is 31.2 Å². The van der Waals surface area contributed by atoms with E-state index in [9.17, 15) is 10.2 Å². The van der Waals surface area contributed by atoms with E-state index in [0.29, 0.717) is 12.3 Å². The summed E-state index contributed by atoms with van der Waals surface area (Å²) in [4.78, 5) is 0. The van der Waals surface area contributed by atoms with Gasteiger partial charge in [0.1, 0.15) is 11.5 Å². The van der Waals surface area contributed by atoms with E-state index in [1.54, 1.807) is 13.2 Å². The number of nitrogens with one attached hydrogen (secondary N) is 1. The molecule has 3 N–H and O–H groups in total. The highest BCUT2D eigenvalue weighted by Gasteiger charge is 2.30. The third-order valence-corrected chi connectivity index (χ3v) is 4.06. The topological polar surface area (TPSA) is 61.7 Å². The van der Waals surface area contributed by atoms with Gasteiger partial charge in [-0.2, -0.15) is 0 Å². The quantitative estimate of drug-likeness (QED) is 0.763. The predicted molar refractivity (Wildman–Crippen MR) is 74.4 cm³/mol. The lowest BCUT2D eigenvalue weighted by molar-refractivity contribution is 0.119. The molecule has 0 saturated heterocycles. The lowest BCUT2D eigenvalue weighted by Crippen LogP contribution is -2.49. The molecule has 4 nitrogen and oxygen atoms in total. The van der Waals surface area contributed by atoms with Gasteiger partial charge in [-0.25, -0.2) is 0 Å². The molecule has 2 rings (SSSR count). The van der Waals surface area contributed by atoms with Gasteiger partial charge in [0.15, 0.2) is 0 Å². The van der Waals surface area contributed by atoms with E-state index in [1.807, 2.05) is 12.1 Å². The van der Waals surface area contributed by atoms with Crippen molar-refractivity contribution in [2.45, 2.75) is 44.2 Å². The standard InChI is InChI=1S/C15H23NO3/c1-19-13-6-5-12(14(18)9-13)10-16-15(11-17)7-3-2-4-8-15/h5-6,9,16-18H,2-4,7-8,10-11H2,1H3. The Balaban J connectivity index is 2.01. The number of phenolic OH excluding ortho intramolecular Hbond substituents is 1. The average molecular weight is 265 g/mol. The normalized spacial score (nSPS) is 18.2. The molecule has 0 atom stereocenters. The zero-order chi connectivity index (χ0) is 13.7. The summed E-state index contributed by atoms with van der Waals surface area (Å²) in [5, 5.41) is 23.0. The Kier molecular flexibility index (Phi) is 4.66. The fraction of sp³-hybridized carbons (Fsp3) is 0.600. The van der Waals surface area contributed by atoms with Crippen molar-refractivity contribution in [1.29, 1.82) is 0 Å². The second-order valence-corrected chi connectivity index (χ2v) is 5.35. The van der Waals surface area contributed by atoms with Crippen LogP contribution in [0.1, 0.15) is 37.7 Å². The number of ether oxygens (including phenoxy) is 1. The SMILES string of the molecule is COc1ccc(CNC2(CO)CCCCC2)c(O)c1. The molecule has 1 saturated carbocycles. The predicted octanol–water partition coefficient (Wildman–Crippen LogP) is 2.19. The number of aromatic hydroxyl groups is 1. The second kappa shape index (κ2) is 6.26. The van der Waals surface area contributed by atoms with E-state index >= 15 is 0 Å². The number of aliphatic hydroxyl groups is 1. The number of benzene rings is 1. The van der Waals surface area contributed by atoms with Crippen LogP contribution in [0.2, 0.25) is 0 Å². The second-order valence-electron chi connectivity index (χ2n) is 5.35. The van der Waals surface area contributed by atoms with Crippen molar-refractivity contribution in [3.05, 3.63) is 23.8 Å². The summed E-state index contributed by atoms with van der Waals surface area (Å²) in [7, 11) is 1.58. The molecular formula is C15H23NO3. The van der Waals surface area contributed by atoms with Gasteiger partial charge in [-0.15, -0.1) is 0 Å². The van der Waals surface area contributed by atoms with Crippen LogP contribution in [0.4, 0.5) is 0 Å². The Morgan fingerprint density at radius 1 is 1.26 bits per heavy atom. The molecule has 0 heterocycles. The first-order chi connectivity index (χ1) is 9.19. The molecule has 106 valence electrons. The summed E-state index contributed by atoms with van der Waals surface area (Å²) in [6, 6.07) is 5.31. The Morgan fingerprint density at radius 2 is 2.00 bits per heavy atom. The van der Waals surface area contributed by atoms with Crippen LogP contribution in [0.25, 0.3) is 0 Å². The molecule has 1 aromatic rings. The minimum Gasteiger partial charge on any atom is -0.507 e. The van der Waals surface area contributed by atoms with Crippen molar-refractivity contribution in [1.82, 2.24) is 5.32 Å². The van der Waals surface area contributed by atoms with Crippen LogP contribution in [0.3, 0.4) is 0 Å². The number of methoxy groups -OCH3 is 1. The first-order valence-electron chi connectivity index (χ1n) is 6.91. The molecule has 1 aromatic carbocycles. The summed E-state index contributed by atoms with van der Waals surface area (Å²) >= 11 is 0. The minimum absolute atomic E-state index is 0.157. The van der Waals surface area contributed by atoms with Crippen molar-refractivity contribution in [2.75, 3.05) is 13.7 Å². The van der Waals surface area contributed by atoms with Gasteiger partial charge in [-0.05, 0) is 18.9 Å². The molecule has 0 bridgehead atoms. The third-order valence-electron chi connectivity index (χ3n) is 4.06. The smallest absolute Gasteiger partial charge is 0.123 e. The van der Waals surface area contributed by atoms with Crippen LogP contribution >= 0.6 is 0 Å². The lowest BCUT2D eigenvalue weighted by atomic mass is 9.82. The van der Waals surface area contributed by atoms with Gasteiger partial charge in [-0.3, -0.25) is 0 Å². The van der Waals surface area contributed by atoms with Gasteiger partial charge in [0.2, 0.25) is 0 Å². The minimum atomic E-state index is -0.176. The van der Waals surface area contributed by atoms with Crippen LogP contribution in [0.15, 0.2) is 18.2 Å². The zero-order valence-electron chi connectivity index (χ0n) is 11.5. The number of hydrogen-bond acceptors (Lipinski definition) is 4. The summed E-state index contributed by atoms with van der Waals surface area (Å²) < 4.78 is 5.07. The highest BCUT2D eigenvalue weighted by Crippen LogP contribution is 2.29. The maximum atomic E-state index is 9.93. The van der Waals surface area contributed by atoms with Gasteiger partial charge in [0.05, 0.1) is 13.7 Å². The molecule has 19 heavy (non-hydrogen) atoms. The number of aliphatic hydroxyl groups excluding tert-OH is 1. The fourth-order valence-electron chi connectivity index (χ4n) is 2.72. The van der Waals surface area contributed by atoms with Crippen LogP contribution in [-0.2, 0) is 6.54 Å². The van der Waals surface area contributed by atoms with Gasteiger partial charge in [-0.1, -0.05) is 25.3 Å².